The number of piperidine rings is 1. The number of ether oxygens (including phenoxy) is 1. The van der Waals surface area contributed by atoms with Crippen LogP contribution in [0.1, 0.15) is 24.0 Å². The summed E-state index contributed by atoms with van der Waals surface area (Å²) in [5.41, 5.74) is 1.94. The van der Waals surface area contributed by atoms with Gasteiger partial charge in [0, 0.05) is 52.0 Å². The van der Waals surface area contributed by atoms with Gasteiger partial charge in [-0.05, 0) is 36.6 Å². The molecule has 3 heterocycles. The normalized spacial score (nSPS) is 18.4. The third kappa shape index (κ3) is 4.84. The van der Waals surface area contributed by atoms with Crippen LogP contribution in [0, 0.1) is 11.3 Å². The summed E-state index contributed by atoms with van der Waals surface area (Å²) in [6, 6.07) is 12.6. The van der Waals surface area contributed by atoms with Crippen LogP contribution < -0.4 is 9.80 Å². The molecule has 0 atom stereocenters. The highest BCUT2D eigenvalue weighted by Crippen LogP contribution is 2.23. The number of likely N-dealkylation sites (tertiary alicyclic amines) is 1. The van der Waals surface area contributed by atoms with Crippen LogP contribution in [0.25, 0.3) is 0 Å². The zero-order valence-corrected chi connectivity index (χ0v) is 17.0. The maximum Gasteiger partial charge on any atom is 0.227 e. The number of hydrogen-bond donors (Lipinski definition) is 0. The molecule has 7 nitrogen and oxygen atoms in total. The van der Waals surface area contributed by atoms with Crippen molar-refractivity contribution in [1.29, 1.82) is 5.26 Å². The van der Waals surface area contributed by atoms with E-state index < -0.39 is 0 Å². The number of nitrogens with zero attached hydrogens (tertiary/aromatic N) is 6. The van der Waals surface area contributed by atoms with E-state index in [1.165, 1.54) is 5.56 Å². The Labute approximate surface area is 172 Å². The van der Waals surface area contributed by atoms with Crippen LogP contribution in [0.15, 0.2) is 36.5 Å². The topological polar surface area (TPSA) is 68.5 Å². The van der Waals surface area contributed by atoms with E-state index in [0.29, 0.717) is 6.04 Å². The Morgan fingerprint density at radius 3 is 2.72 bits per heavy atom. The molecule has 0 amide bonds. The smallest absolute Gasteiger partial charge is 0.227 e. The summed E-state index contributed by atoms with van der Waals surface area (Å²) in [6.07, 6.45) is 4.07. The number of aromatic nitrogens is 2. The lowest BCUT2D eigenvalue weighted by molar-refractivity contribution is 0.122. The summed E-state index contributed by atoms with van der Waals surface area (Å²) in [7, 11) is 2.14. The van der Waals surface area contributed by atoms with Gasteiger partial charge in [-0.15, -0.1) is 0 Å². The molecule has 2 aromatic rings. The Bertz CT molecular complexity index is 852. The highest BCUT2D eigenvalue weighted by molar-refractivity contribution is 5.44. The zero-order chi connectivity index (χ0) is 20.1. The van der Waals surface area contributed by atoms with E-state index in [0.717, 1.165) is 76.1 Å². The van der Waals surface area contributed by atoms with Gasteiger partial charge >= 0.3 is 0 Å². The van der Waals surface area contributed by atoms with Crippen LogP contribution in [0.2, 0.25) is 0 Å². The second-order valence-electron chi connectivity index (χ2n) is 7.74. The second kappa shape index (κ2) is 9.21. The van der Waals surface area contributed by atoms with Crippen LogP contribution >= 0.6 is 0 Å². The molecule has 29 heavy (non-hydrogen) atoms. The van der Waals surface area contributed by atoms with Crippen molar-refractivity contribution in [2.75, 3.05) is 56.2 Å². The van der Waals surface area contributed by atoms with E-state index in [1.54, 1.807) is 0 Å². The molecule has 1 aromatic heterocycles. The number of rotatable bonds is 5. The van der Waals surface area contributed by atoms with Gasteiger partial charge in [0.2, 0.25) is 5.95 Å². The number of anilines is 2. The van der Waals surface area contributed by atoms with Gasteiger partial charge in [-0.3, -0.25) is 4.90 Å². The lowest BCUT2D eigenvalue weighted by atomic mass is 10.0. The molecule has 2 fully saturated rings. The fraction of sp³-hybridized carbons (Fsp3) is 0.500. The van der Waals surface area contributed by atoms with Gasteiger partial charge in [0.25, 0.3) is 0 Å². The van der Waals surface area contributed by atoms with E-state index in [-0.39, 0.29) is 0 Å². The average Bonchev–Trinajstić information content (AvgIpc) is 2.80. The van der Waals surface area contributed by atoms with Crippen molar-refractivity contribution in [2.24, 2.45) is 0 Å². The SMILES string of the molecule is CN(c1ccnc(N2CCOCC2)n1)C1CCN(Cc2cccc(C#N)c2)CC1. The summed E-state index contributed by atoms with van der Waals surface area (Å²) in [5.74, 6) is 1.79. The van der Waals surface area contributed by atoms with Crippen molar-refractivity contribution in [3.8, 4) is 6.07 Å². The van der Waals surface area contributed by atoms with Crippen molar-refractivity contribution in [3.05, 3.63) is 47.7 Å². The Hall–Kier alpha value is -2.69. The van der Waals surface area contributed by atoms with Crippen molar-refractivity contribution < 1.29 is 4.74 Å². The molecular weight excluding hydrogens is 364 g/mol. The van der Waals surface area contributed by atoms with Crippen LogP contribution in [0.4, 0.5) is 11.8 Å². The van der Waals surface area contributed by atoms with Gasteiger partial charge in [0.1, 0.15) is 5.82 Å². The Kier molecular flexibility index (Phi) is 6.23. The standard InChI is InChI=1S/C22H28N6O/c1-26(21-5-8-24-22(25-21)28-11-13-29-14-12-28)20-6-9-27(10-7-20)17-19-4-2-3-18(15-19)16-23/h2-5,8,15,20H,6-7,9-14,17H2,1H3. The molecule has 2 saturated heterocycles. The monoisotopic (exact) mass is 392 g/mol. The summed E-state index contributed by atoms with van der Waals surface area (Å²) in [5, 5.41) is 9.09. The van der Waals surface area contributed by atoms with E-state index in [2.05, 4.69) is 38.9 Å². The molecule has 0 unspecified atom stereocenters. The average molecular weight is 393 g/mol. The molecule has 0 radical (unpaired) electrons. The number of nitriles is 1. The number of benzene rings is 1. The zero-order valence-electron chi connectivity index (χ0n) is 17.0. The van der Waals surface area contributed by atoms with Crippen molar-refractivity contribution in [2.45, 2.75) is 25.4 Å². The maximum atomic E-state index is 9.09. The van der Waals surface area contributed by atoms with E-state index in [4.69, 9.17) is 15.0 Å². The first-order valence-corrected chi connectivity index (χ1v) is 10.3. The van der Waals surface area contributed by atoms with Crippen molar-refractivity contribution >= 4 is 11.8 Å². The van der Waals surface area contributed by atoms with Gasteiger partial charge in [-0.25, -0.2) is 4.98 Å². The van der Waals surface area contributed by atoms with Crippen LogP contribution in [0.5, 0.6) is 0 Å². The second-order valence-corrected chi connectivity index (χ2v) is 7.74. The van der Waals surface area contributed by atoms with Crippen molar-refractivity contribution in [3.63, 3.8) is 0 Å². The van der Waals surface area contributed by atoms with E-state index >= 15 is 0 Å². The highest BCUT2D eigenvalue weighted by Gasteiger charge is 2.24. The van der Waals surface area contributed by atoms with Gasteiger partial charge in [0.15, 0.2) is 0 Å². The van der Waals surface area contributed by atoms with Gasteiger partial charge < -0.3 is 14.5 Å². The minimum atomic E-state index is 0.476. The first kappa shape index (κ1) is 19.6. The minimum Gasteiger partial charge on any atom is -0.378 e. The summed E-state index contributed by atoms with van der Waals surface area (Å²) >= 11 is 0. The third-order valence-electron chi connectivity index (χ3n) is 5.85. The van der Waals surface area contributed by atoms with Crippen molar-refractivity contribution in [1.82, 2.24) is 14.9 Å². The first-order chi connectivity index (χ1) is 14.2. The molecule has 152 valence electrons. The van der Waals surface area contributed by atoms with Gasteiger partial charge in [0.05, 0.1) is 24.8 Å². The molecule has 0 N–H and O–H groups in total. The summed E-state index contributed by atoms with van der Waals surface area (Å²) < 4.78 is 5.43. The number of morpholine rings is 1. The molecule has 4 rings (SSSR count). The van der Waals surface area contributed by atoms with Crippen LogP contribution in [-0.4, -0.2) is 67.4 Å². The van der Waals surface area contributed by atoms with Crippen LogP contribution in [-0.2, 0) is 11.3 Å². The van der Waals surface area contributed by atoms with Crippen LogP contribution in [0.3, 0.4) is 0 Å². The molecule has 1 aromatic carbocycles. The lowest BCUT2D eigenvalue weighted by Gasteiger charge is -2.37. The minimum absolute atomic E-state index is 0.476. The molecule has 2 aliphatic heterocycles. The molecule has 0 bridgehead atoms. The molecule has 7 heteroatoms. The molecule has 0 saturated carbocycles. The first-order valence-electron chi connectivity index (χ1n) is 10.3. The third-order valence-corrected chi connectivity index (χ3v) is 5.85. The quantitative estimate of drug-likeness (QED) is 0.773. The van der Waals surface area contributed by atoms with E-state index in [1.807, 2.05) is 30.5 Å². The van der Waals surface area contributed by atoms with E-state index in [9.17, 15) is 0 Å². The Morgan fingerprint density at radius 1 is 1.17 bits per heavy atom. The Balaban J connectivity index is 1.34. The lowest BCUT2D eigenvalue weighted by Crippen LogP contribution is -2.43. The maximum absolute atomic E-state index is 9.09. The number of hydrogen-bond acceptors (Lipinski definition) is 7. The predicted octanol–water partition coefficient (Wildman–Crippen LogP) is 2.29. The fourth-order valence-corrected chi connectivity index (χ4v) is 4.10. The summed E-state index contributed by atoms with van der Waals surface area (Å²) in [6.45, 7) is 6.16. The highest BCUT2D eigenvalue weighted by atomic mass is 16.5. The molecule has 0 aliphatic carbocycles. The van der Waals surface area contributed by atoms with Gasteiger partial charge in [-0.2, -0.15) is 10.2 Å². The predicted molar refractivity (Wildman–Crippen MR) is 113 cm³/mol. The largest absolute Gasteiger partial charge is 0.378 e. The Morgan fingerprint density at radius 2 is 1.97 bits per heavy atom. The fourth-order valence-electron chi connectivity index (χ4n) is 4.10. The summed E-state index contributed by atoms with van der Waals surface area (Å²) in [4.78, 5) is 16.3. The van der Waals surface area contributed by atoms with Gasteiger partial charge in [-0.1, -0.05) is 12.1 Å². The molecule has 2 aliphatic rings. The molecular formula is C22H28N6O. The molecule has 0 spiro atoms.